The molecule has 1 aliphatic heterocycles. The van der Waals surface area contributed by atoms with Gasteiger partial charge in [0.05, 0.1) is 53.3 Å². The predicted octanol–water partition coefficient (Wildman–Crippen LogP) is 5.20. The van der Waals surface area contributed by atoms with Crippen LogP contribution in [0.1, 0.15) is 43.6 Å². The van der Waals surface area contributed by atoms with Crippen molar-refractivity contribution in [2.45, 2.75) is 39.2 Å². The third-order valence-corrected chi connectivity index (χ3v) is 7.88. The standard InChI is InChI=1S/C30H29ClN8O2/c1-18-5-4-6-27(24-11-20(9-10-33-24)29-25(36-30(18)41)15-35-37(29)3)39-17-34-23(13-28(39)40)22-12-21(31)7-8-26(22)38-16-32-14-19(38)2/h7-18,27H,4-6H2,1-3H3,(H,36,41)/t18-,27+/m1/s1. The predicted molar refractivity (Wildman–Crippen MR) is 157 cm³/mol. The van der Waals surface area contributed by atoms with Crippen LogP contribution in [-0.4, -0.2) is 39.8 Å². The molecule has 0 saturated heterocycles. The Morgan fingerprint density at radius 3 is 2.66 bits per heavy atom. The summed E-state index contributed by atoms with van der Waals surface area (Å²) in [7, 11) is 1.83. The van der Waals surface area contributed by atoms with E-state index in [0.29, 0.717) is 29.2 Å². The Hall–Kier alpha value is -4.57. The fraction of sp³-hybridized carbons (Fsp3) is 0.267. The van der Waals surface area contributed by atoms with Crippen molar-refractivity contribution in [3.05, 3.63) is 94.4 Å². The number of nitrogens with one attached hydrogen (secondary N) is 1. The van der Waals surface area contributed by atoms with Crippen LogP contribution in [0.5, 0.6) is 0 Å². The number of hydrogen-bond donors (Lipinski definition) is 1. The van der Waals surface area contributed by atoms with Crippen LogP contribution in [0.2, 0.25) is 5.02 Å². The summed E-state index contributed by atoms with van der Waals surface area (Å²) in [5, 5.41) is 7.94. The van der Waals surface area contributed by atoms with Gasteiger partial charge in [0.15, 0.2) is 0 Å². The number of carbonyl (C=O) groups is 1. The van der Waals surface area contributed by atoms with Crippen LogP contribution in [0.3, 0.4) is 0 Å². The van der Waals surface area contributed by atoms with Crippen molar-refractivity contribution >= 4 is 23.2 Å². The number of amides is 1. The molecule has 2 bridgehead atoms. The third-order valence-electron chi connectivity index (χ3n) is 7.64. The zero-order chi connectivity index (χ0) is 28.7. The first-order chi connectivity index (χ1) is 19.8. The van der Waals surface area contributed by atoms with E-state index in [1.807, 2.05) is 43.7 Å². The topological polar surface area (TPSA) is 113 Å². The van der Waals surface area contributed by atoms with Crippen molar-refractivity contribution in [3.8, 4) is 28.2 Å². The summed E-state index contributed by atoms with van der Waals surface area (Å²) < 4.78 is 5.29. The van der Waals surface area contributed by atoms with Gasteiger partial charge in [-0.2, -0.15) is 5.10 Å². The van der Waals surface area contributed by atoms with Crippen LogP contribution in [0.25, 0.3) is 28.2 Å². The minimum atomic E-state index is -0.370. The molecule has 10 nitrogen and oxygen atoms in total. The van der Waals surface area contributed by atoms with Crippen molar-refractivity contribution in [3.63, 3.8) is 0 Å². The first-order valence-corrected chi connectivity index (χ1v) is 13.8. The van der Waals surface area contributed by atoms with E-state index >= 15 is 0 Å². The van der Waals surface area contributed by atoms with Crippen LogP contribution in [0, 0.1) is 12.8 Å². The lowest BCUT2D eigenvalue weighted by Crippen LogP contribution is -2.27. The summed E-state index contributed by atoms with van der Waals surface area (Å²) in [4.78, 5) is 40.3. The van der Waals surface area contributed by atoms with Crippen LogP contribution in [0.4, 0.5) is 5.69 Å². The smallest absolute Gasteiger partial charge is 0.254 e. The number of halogens is 1. The zero-order valence-corrected chi connectivity index (χ0v) is 23.7. The van der Waals surface area contributed by atoms with Gasteiger partial charge in [-0.1, -0.05) is 24.9 Å². The molecule has 4 aromatic heterocycles. The second kappa shape index (κ2) is 10.8. The van der Waals surface area contributed by atoms with Gasteiger partial charge in [-0.05, 0) is 50.1 Å². The minimum absolute atomic E-state index is 0.0562. The second-order valence-electron chi connectivity index (χ2n) is 10.4. The summed E-state index contributed by atoms with van der Waals surface area (Å²) in [5.74, 6) is -0.265. The molecule has 2 atom stereocenters. The van der Waals surface area contributed by atoms with E-state index < -0.39 is 0 Å². The Balaban J connectivity index is 1.44. The lowest BCUT2D eigenvalue weighted by atomic mass is 9.97. The van der Waals surface area contributed by atoms with E-state index in [0.717, 1.165) is 40.3 Å². The van der Waals surface area contributed by atoms with E-state index in [-0.39, 0.29) is 23.4 Å². The number of hydrogen-bond acceptors (Lipinski definition) is 6. The molecular formula is C30H29ClN8O2. The monoisotopic (exact) mass is 568 g/mol. The summed E-state index contributed by atoms with van der Waals surface area (Å²) in [6.07, 6.45) is 10.5. The highest BCUT2D eigenvalue weighted by Crippen LogP contribution is 2.33. The molecule has 0 aliphatic carbocycles. The van der Waals surface area contributed by atoms with Crippen molar-refractivity contribution in [2.24, 2.45) is 13.0 Å². The summed E-state index contributed by atoms with van der Waals surface area (Å²) in [5.41, 5.74) is 5.81. The molecule has 11 heteroatoms. The number of aryl methyl sites for hydroxylation is 2. The molecule has 6 rings (SSSR count). The number of aromatic nitrogens is 7. The highest BCUT2D eigenvalue weighted by molar-refractivity contribution is 6.31. The Kier molecular flexibility index (Phi) is 7.00. The largest absolute Gasteiger partial charge is 0.323 e. The van der Waals surface area contributed by atoms with Gasteiger partial charge in [0.1, 0.15) is 0 Å². The molecule has 208 valence electrons. The molecule has 1 amide bonds. The zero-order valence-electron chi connectivity index (χ0n) is 23.0. The average Bonchev–Trinajstić information content (AvgIpc) is 3.55. The van der Waals surface area contributed by atoms with Gasteiger partial charge >= 0.3 is 0 Å². The maximum atomic E-state index is 13.7. The van der Waals surface area contributed by atoms with Gasteiger partial charge in [0.2, 0.25) is 5.91 Å². The number of imidazole rings is 1. The minimum Gasteiger partial charge on any atom is -0.323 e. The molecule has 0 unspecified atom stereocenters. The molecule has 1 N–H and O–H groups in total. The molecule has 5 heterocycles. The molecule has 0 fully saturated rings. The van der Waals surface area contributed by atoms with E-state index in [9.17, 15) is 9.59 Å². The van der Waals surface area contributed by atoms with Crippen LogP contribution in [-0.2, 0) is 11.8 Å². The Labute approximate surface area is 241 Å². The molecule has 0 radical (unpaired) electrons. The summed E-state index contributed by atoms with van der Waals surface area (Å²) in [6, 6.07) is 10.5. The van der Waals surface area contributed by atoms with E-state index in [1.54, 1.807) is 52.6 Å². The van der Waals surface area contributed by atoms with Gasteiger partial charge in [-0.3, -0.25) is 23.8 Å². The number of carbonyl (C=O) groups excluding carboxylic acids is 1. The van der Waals surface area contributed by atoms with Crippen LogP contribution in [0.15, 0.2) is 72.4 Å². The maximum Gasteiger partial charge on any atom is 0.254 e. The van der Waals surface area contributed by atoms with E-state index in [1.165, 1.54) is 6.07 Å². The molecule has 1 aliphatic rings. The molecule has 0 spiro atoms. The fourth-order valence-corrected chi connectivity index (χ4v) is 5.58. The highest BCUT2D eigenvalue weighted by Gasteiger charge is 2.24. The van der Waals surface area contributed by atoms with Crippen molar-refractivity contribution in [1.29, 1.82) is 0 Å². The second-order valence-corrected chi connectivity index (χ2v) is 10.9. The maximum absolute atomic E-state index is 13.7. The van der Waals surface area contributed by atoms with Gasteiger partial charge in [0, 0.05) is 53.3 Å². The fourth-order valence-electron chi connectivity index (χ4n) is 5.41. The van der Waals surface area contributed by atoms with E-state index in [4.69, 9.17) is 16.6 Å². The third kappa shape index (κ3) is 5.06. The van der Waals surface area contributed by atoms with Crippen molar-refractivity contribution in [1.82, 2.24) is 33.9 Å². The first kappa shape index (κ1) is 26.6. The number of fused-ring (bicyclic) bond motifs is 4. The Morgan fingerprint density at radius 1 is 1.02 bits per heavy atom. The average molecular weight is 569 g/mol. The number of pyridine rings is 1. The highest BCUT2D eigenvalue weighted by atomic mass is 35.5. The summed E-state index contributed by atoms with van der Waals surface area (Å²) >= 11 is 6.37. The van der Waals surface area contributed by atoms with Crippen LogP contribution < -0.4 is 10.9 Å². The molecular weight excluding hydrogens is 540 g/mol. The normalized spacial score (nSPS) is 17.3. The van der Waals surface area contributed by atoms with Crippen LogP contribution >= 0.6 is 11.6 Å². The van der Waals surface area contributed by atoms with Gasteiger partial charge in [0.25, 0.3) is 5.56 Å². The van der Waals surface area contributed by atoms with Gasteiger partial charge in [-0.25, -0.2) is 9.97 Å². The number of anilines is 1. The first-order valence-electron chi connectivity index (χ1n) is 13.5. The van der Waals surface area contributed by atoms with Gasteiger partial charge in [-0.15, -0.1) is 0 Å². The van der Waals surface area contributed by atoms with Crippen molar-refractivity contribution in [2.75, 3.05) is 5.32 Å². The summed E-state index contributed by atoms with van der Waals surface area (Å²) in [6.45, 7) is 3.87. The Morgan fingerprint density at radius 2 is 1.88 bits per heavy atom. The number of rotatable bonds is 3. The molecule has 5 aromatic rings. The lowest BCUT2D eigenvalue weighted by molar-refractivity contribution is -0.119. The molecule has 41 heavy (non-hydrogen) atoms. The molecule has 1 aromatic carbocycles. The van der Waals surface area contributed by atoms with E-state index in [2.05, 4.69) is 20.4 Å². The molecule has 0 saturated carbocycles. The quantitative estimate of drug-likeness (QED) is 0.320. The SMILES string of the molecule is Cc1cncn1-c1ccc(Cl)cc1-c1cc(=O)n([C@H]2CCC[C@@H](C)C(=O)Nc3cnn(C)c3-c3ccnc2c3)cn1. The number of nitrogens with zero attached hydrogens (tertiary/aromatic N) is 7. The van der Waals surface area contributed by atoms with Gasteiger partial charge < -0.3 is 9.88 Å². The van der Waals surface area contributed by atoms with Crippen molar-refractivity contribution < 1.29 is 4.79 Å². The lowest BCUT2D eigenvalue weighted by Gasteiger charge is -2.22. The number of benzene rings is 1. The Bertz CT molecular complexity index is 1820.